The summed E-state index contributed by atoms with van der Waals surface area (Å²) in [5.74, 6) is -0.874. The Morgan fingerprint density at radius 2 is 1.75 bits per heavy atom. The molecule has 0 radical (unpaired) electrons. The third kappa shape index (κ3) is 4.18. The van der Waals surface area contributed by atoms with Crippen LogP contribution in [0.1, 0.15) is 41.8 Å². The number of ether oxygens (including phenoxy) is 2. The molecule has 0 N–H and O–H groups in total. The zero-order chi connectivity index (χ0) is 20.3. The number of carbonyl (C=O) groups excluding carboxylic acids is 1. The van der Waals surface area contributed by atoms with Gasteiger partial charge in [-0.25, -0.2) is 17.6 Å². The van der Waals surface area contributed by atoms with Crippen LogP contribution in [-0.4, -0.2) is 38.9 Å². The molecule has 2 aromatic carbocycles. The lowest BCUT2D eigenvalue weighted by Crippen LogP contribution is -2.28. The van der Waals surface area contributed by atoms with Crippen molar-refractivity contribution in [2.45, 2.75) is 30.8 Å². The molecule has 28 heavy (non-hydrogen) atoms. The van der Waals surface area contributed by atoms with E-state index >= 15 is 0 Å². The number of halogens is 1. The van der Waals surface area contributed by atoms with E-state index in [1.54, 1.807) is 6.92 Å². The van der Waals surface area contributed by atoms with Crippen LogP contribution < -0.4 is 4.74 Å². The second kappa shape index (κ2) is 8.28. The van der Waals surface area contributed by atoms with E-state index in [0.717, 1.165) is 12.8 Å². The van der Waals surface area contributed by atoms with Gasteiger partial charge in [0.25, 0.3) is 0 Å². The number of esters is 1. The maximum atomic E-state index is 13.1. The molecule has 1 aliphatic heterocycles. The molecule has 0 amide bonds. The number of carbonyl (C=O) groups is 1. The van der Waals surface area contributed by atoms with Crippen molar-refractivity contribution >= 4 is 16.0 Å². The standard InChI is InChI=1S/C20H22FNO5S/c1-14(15-5-8-17(21)9-6-15)27-20(23)16-7-10-18(26-2)19(13-16)28(24,25)22-11-3-4-12-22/h5-10,13-14H,3-4,11-12H2,1-2H3/t14-/m1/s1. The van der Waals surface area contributed by atoms with E-state index in [1.165, 1.54) is 53.9 Å². The van der Waals surface area contributed by atoms with E-state index in [4.69, 9.17) is 9.47 Å². The molecule has 6 nitrogen and oxygen atoms in total. The number of hydrogen-bond acceptors (Lipinski definition) is 5. The average Bonchev–Trinajstić information content (AvgIpc) is 3.23. The Morgan fingerprint density at radius 3 is 2.36 bits per heavy atom. The lowest BCUT2D eigenvalue weighted by Gasteiger charge is -2.19. The average molecular weight is 407 g/mol. The molecule has 0 saturated carbocycles. The molecule has 3 rings (SSSR count). The van der Waals surface area contributed by atoms with Crippen molar-refractivity contribution in [3.63, 3.8) is 0 Å². The minimum Gasteiger partial charge on any atom is -0.495 e. The molecule has 1 heterocycles. The van der Waals surface area contributed by atoms with Gasteiger partial charge in [-0.2, -0.15) is 4.31 Å². The Hall–Kier alpha value is -2.45. The Morgan fingerprint density at radius 1 is 1.11 bits per heavy atom. The zero-order valence-corrected chi connectivity index (χ0v) is 16.5. The predicted molar refractivity (Wildman–Crippen MR) is 101 cm³/mol. The maximum absolute atomic E-state index is 13.1. The Labute approximate surface area is 163 Å². The van der Waals surface area contributed by atoms with E-state index < -0.39 is 22.1 Å². The minimum absolute atomic E-state index is 0.0548. The molecule has 1 fully saturated rings. The van der Waals surface area contributed by atoms with Gasteiger partial charge >= 0.3 is 5.97 Å². The summed E-state index contributed by atoms with van der Waals surface area (Å²) in [6.07, 6.45) is 0.991. The monoisotopic (exact) mass is 407 g/mol. The normalized spacial score (nSPS) is 16.0. The zero-order valence-electron chi connectivity index (χ0n) is 15.7. The molecule has 150 valence electrons. The third-order valence-electron chi connectivity index (χ3n) is 4.71. The summed E-state index contributed by atoms with van der Waals surface area (Å²) in [7, 11) is -2.38. The number of nitrogens with zero attached hydrogens (tertiary/aromatic N) is 1. The number of benzene rings is 2. The van der Waals surface area contributed by atoms with Crippen molar-refractivity contribution in [2.24, 2.45) is 0 Å². The van der Waals surface area contributed by atoms with E-state index in [0.29, 0.717) is 18.7 Å². The number of methoxy groups -OCH3 is 1. The summed E-state index contributed by atoms with van der Waals surface area (Å²) < 4.78 is 50.9. The smallest absolute Gasteiger partial charge is 0.338 e. The fourth-order valence-corrected chi connectivity index (χ4v) is 4.80. The molecule has 1 saturated heterocycles. The first-order valence-corrected chi connectivity index (χ1v) is 10.4. The lowest BCUT2D eigenvalue weighted by molar-refractivity contribution is 0.0337. The first-order chi connectivity index (χ1) is 13.3. The van der Waals surface area contributed by atoms with Crippen LogP contribution in [0.5, 0.6) is 5.75 Å². The van der Waals surface area contributed by atoms with Gasteiger partial charge in [-0.3, -0.25) is 0 Å². The molecule has 8 heteroatoms. The highest BCUT2D eigenvalue weighted by molar-refractivity contribution is 7.89. The fraction of sp³-hybridized carbons (Fsp3) is 0.350. The molecule has 0 aliphatic carbocycles. The molecule has 0 bridgehead atoms. The van der Waals surface area contributed by atoms with Gasteiger partial charge < -0.3 is 9.47 Å². The van der Waals surface area contributed by atoms with E-state index in [-0.39, 0.29) is 22.0 Å². The summed E-state index contributed by atoms with van der Waals surface area (Å²) in [4.78, 5) is 12.5. The summed E-state index contributed by atoms with van der Waals surface area (Å²) in [5.41, 5.74) is 0.737. The largest absolute Gasteiger partial charge is 0.495 e. The van der Waals surface area contributed by atoms with Crippen LogP contribution in [-0.2, 0) is 14.8 Å². The van der Waals surface area contributed by atoms with Gasteiger partial charge in [0.05, 0.1) is 12.7 Å². The highest BCUT2D eigenvalue weighted by Crippen LogP contribution is 2.30. The van der Waals surface area contributed by atoms with Crippen LogP contribution in [0.15, 0.2) is 47.4 Å². The molecule has 1 atom stereocenters. The van der Waals surface area contributed by atoms with Gasteiger partial charge in [-0.1, -0.05) is 12.1 Å². The van der Waals surface area contributed by atoms with Gasteiger partial charge in [0.15, 0.2) is 0 Å². The summed E-state index contributed by atoms with van der Waals surface area (Å²) in [6, 6.07) is 9.83. The maximum Gasteiger partial charge on any atom is 0.338 e. The van der Waals surface area contributed by atoms with Crippen LogP contribution in [0.2, 0.25) is 0 Å². The molecule has 0 spiro atoms. The molecular formula is C20H22FNO5S. The topological polar surface area (TPSA) is 72.9 Å². The Bertz CT molecular complexity index is 953. The van der Waals surface area contributed by atoms with Crippen molar-refractivity contribution in [1.82, 2.24) is 4.31 Å². The predicted octanol–water partition coefficient (Wildman–Crippen LogP) is 3.54. The SMILES string of the molecule is COc1ccc(C(=O)O[C@H](C)c2ccc(F)cc2)cc1S(=O)(=O)N1CCCC1. The van der Waals surface area contributed by atoms with Crippen molar-refractivity contribution < 1.29 is 27.1 Å². The van der Waals surface area contributed by atoms with Gasteiger partial charge in [0, 0.05) is 13.1 Å². The second-order valence-corrected chi connectivity index (χ2v) is 8.48. The van der Waals surface area contributed by atoms with Crippen molar-refractivity contribution in [1.29, 1.82) is 0 Å². The number of hydrogen-bond donors (Lipinski definition) is 0. The first kappa shape index (κ1) is 20.3. The Kier molecular flexibility index (Phi) is 6.00. The van der Waals surface area contributed by atoms with E-state index in [1.807, 2.05) is 0 Å². The van der Waals surface area contributed by atoms with Crippen molar-refractivity contribution in [2.75, 3.05) is 20.2 Å². The summed E-state index contributed by atoms with van der Waals surface area (Å²) in [5, 5.41) is 0. The van der Waals surface area contributed by atoms with Crippen molar-refractivity contribution in [3.05, 3.63) is 59.4 Å². The van der Waals surface area contributed by atoms with E-state index in [2.05, 4.69) is 0 Å². The Balaban J connectivity index is 1.86. The van der Waals surface area contributed by atoms with Crippen molar-refractivity contribution in [3.8, 4) is 5.75 Å². The van der Waals surface area contributed by atoms with Crippen LogP contribution in [0, 0.1) is 5.82 Å². The molecule has 2 aromatic rings. The van der Waals surface area contributed by atoms with Gasteiger partial charge in [-0.15, -0.1) is 0 Å². The van der Waals surface area contributed by atoms with Crippen LogP contribution >= 0.6 is 0 Å². The number of sulfonamides is 1. The van der Waals surface area contributed by atoms with Gasteiger partial charge in [0.2, 0.25) is 10.0 Å². The molecular weight excluding hydrogens is 385 g/mol. The number of rotatable bonds is 6. The van der Waals surface area contributed by atoms with E-state index in [9.17, 15) is 17.6 Å². The second-order valence-electron chi connectivity index (χ2n) is 6.58. The van der Waals surface area contributed by atoms with Crippen LogP contribution in [0.25, 0.3) is 0 Å². The van der Waals surface area contributed by atoms with Gasteiger partial charge in [0.1, 0.15) is 22.6 Å². The minimum atomic E-state index is -3.76. The first-order valence-electron chi connectivity index (χ1n) is 8.97. The highest BCUT2D eigenvalue weighted by Gasteiger charge is 2.31. The molecule has 0 aromatic heterocycles. The van der Waals surface area contributed by atoms with Crippen LogP contribution in [0.3, 0.4) is 0 Å². The lowest BCUT2D eigenvalue weighted by atomic mass is 10.1. The quantitative estimate of drug-likeness (QED) is 0.685. The van der Waals surface area contributed by atoms with Gasteiger partial charge in [-0.05, 0) is 55.7 Å². The fourth-order valence-electron chi connectivity index (χ4n) is 3.10. The molecule has 0 unspecified atom stereocenters. The molecule has 1 aliphatic rings. The van der Waals surface area contributed by atoms with Crippen LogP contribution in [0.4, 0.5) is 4.39 Å². The summed E-state index contributed by atoms with van der Waals surface area (Å²) >= 11 is 0. The summed E-state index contributed by atoms with van der Waals surface area (Å²) in [6.45, 7) is 2.56. The third-order valence-corrected chi connectivity index (χ3v) is 6.63. The highest BCUT2D eigenvalue weighted by atomic mass is 32.2.